The SMILES string of the molecule is CCC(C)N(Cc1ccccc1)C(=O)c1nc2nccc(C)n2n1. The second kappa shape index (κ2) is 6.78. The maximum absolute atomic E-state index is 13.0. The number of fused-ring (bicyclic) bond motifs is 1. The molecule has 0 bridgehead atoms. The lowest BCUT2D eigenvalue weighted by molar-refractivity contribution is 0.0659. The van der Waals surface area contributed by atoms with E-state index in [4.69, 9.17) is 0 Å². The van der Waals surface area contributed by atoms with Crippen LogP contribution in [-0.2, 0) is 6.54 Å². The van der Waals surface area contributed by atoms with E-state index in [-0.39, 0.29) is 17.8 Å². The summed E-state index contributed by atoms with van der Waals surface area (Å²) in [6, 6.07) is 11.9. The Balaban J connectivity index is 1.93. The first-order valence-electron chi connectivity index (χ1n) is 8.13. The molecule has 0 radical (unpaired) electrons. The normalized spacial score (nSPS) is 12.3. The van der Waals surface area contributed by atoms with Gasteiger partial charge in [0.1, 0.15) is 0 Å². The Morgan fingerprint density at radius 3 is 2.67 bits per heavy atom. The standard InChI is InChI=1S/C18H21N5O/c1-4-13(2)22(12-15-8-6-5-7-9-15)17(24)16-20-18-19-11-10-14(3)23(18)21-16/h5-11,13H,4,12H2,1-3H3. The number of benzene rings is 1. The molecule has 0 spiro atoms. The van der Waals surface area contributed by atoms with Crippen LogP contribution >= 0.6 is 0 Å². The molecule has 3 rings (SSSR count). The fourth-order valence-electron chi connectivity index (χ4n) is 2.55. The van der Waals surface area contributed by atoms with Gasteiger partial charge in [-0.1, -0.05) is 37.3 Å². The summed E-state index contributed by atoms with van der Waals surface area (Å²) in [4.78, 5) is 23.3. The Hall–Kier alpha value is -2.76. The summed E-state index contributed by atoms with van der Waals surface area (Å²) in [6.45, 7) is 6.56. The van der Waals surface area contributed by atoms with E-state index in [0.29, 0.717) is 12.3 Å². The summed E-state index contributed by atoms with van der Waals surface area (Å²) in [5.74, 6) is 0.466. The first kappa shape index (κ1) is 16.1. The molecule has 2 heterocycles. The number of rotatable bonds is 5. The zero-order valence-corrected chi connectivity index (χ0v) is 14.2. The molecule has 0 N–H and O–H groups in total. The molecule has 1 unspecified atom stereocenters. The fraction of sp³-hybridized carbons (Fsp3) is 0.333. The average Bonchev–Trinajstić information content (AvgIpc) is 3.05. The number of carbonyl (C=O) groups excluding carboxylic acids is 1. The molecule has 0 aliphatic heterocycles. The van der Waals surface area contributed by atoms with Crippen molar-refractivity contribution in [2.45, 2.75) is 39.8 Å². The molecular weight excluding hydrogens is 302 g/mol. The average molecular weight is 323 g/mol. The largest absolute Gasteiger partial charge is 0.329 e. The van der Waals surface area contributed by atoms with E-state index >= 15 is 0 Å². The van der Waals surface area contributed by atoms with Crippen molar-refractivity contribution in [3.63, 3.8) is 0 Å². The molecule has 24 heavy (non-hydrogen) atoms. The van der Waals surface area contributed by atoms with E-state index in [1.807, 2.05) is 55.1 Å². The summed E-state index contributed by atoms with van der Waals surface area (Å²) in [5, 5.41) is 4.34. The predicted molar refractivity (Wildman–Crippen MR) is 91.6 cm³/mol. The van der Waals surface area contributed by atoms with Gasteiger partial charge in [0.2, 0.25) is 5.82 Å². The van der Waals surface area contributed by atoms with E-state index in [9.17, 15) is 4.79 Å². The molecular formula is C18H21N5O. The highest BCUT2D eigenvalue weighted by Crippen LogP contribution is 2.14. The Kier molecular flexibility index (Phi) is 4.55. The smallest absolute Gasteiger partial charge is 0.294 e. The molecule has 6 nitrogen and oxygen atoms in total. The third kappa shape index (κ3) is 3.13. The summed E-state index contributed by atoms with van der Waals surface area (Å²) < 4.78 is 1.60. The molecule has 124 valence electrons. The molecule has 0 aliphatic rings. The Labute approximate surface area is 141 Å². The zero-order valence-electron chi connectivity index (χ0n) is 14.2. The van der Waals surface area contributed by atoms with Crippen molar-refractivity contribution >= 4 is 11.7 Å². The van der Waals surface area contributed by atoms with Crippen LogP contribution < -0.4 is 0 Å². The molecule has 3 aromatic rings. The monoisotopic (exact) mass is 323 g/mol. The van der Waals surface area contributed by atoms with E-state index in [1.54, 1.807) is 10.7 Å². The lowest BCUT2D eigenvalue weighted by Gasteiger charge is -2.27. The molecule has 1 aromatic carbocycles. The van der Waals surface area contributed by atoms with Gasteiger partial charge in [0, 0.05) is 24.5 Å². The van der Waals surface area contributed by atoms with E-state index in [1.165, 1.54) is 0 Å². The van der Waals surface area contributed by atoms with Gasteiger partial charge >= 0.3 is 0 Å². The third-order valence-corrected chi connectivity index (χ3v) is 4.20. The number of nitrogens with zero attached hydrogens (tertiary/aromatic N) is 5. The van der Waals surface area contributed by atoms with Crippen molar-refractivity contribution in [1.82, 2.24) is 24.5 Å². The van der Waals surface area contributed by atoms with Crippen LogP contribution in [0.3, 0.4) is 0 Å². The van der Waals surface area contributed by atoms with Gasteiger partial charge in [0.15, 0.2) is 0 Å². The van der Waals surface area contributed by atoms with Crippen molar-refractivity contribution in [3.8, 4) is 0 Å². The Bertz CT molecular complexity index is 843. The summed E-state index contributed by atoms with van der Waals surface area (Å²) in [7, 11) is 0. The molecule has 0 fully saturated rings. The Morgan fingerprint density at radius 2 is 2.00 bits per heavy atom. The molecule has 0 saturated carbocycles. The second-order valence-electron chi connectivity index (χ2n) is 5.91. The highest BCUT2D eigenvalue weighted by molar-refractivity contribution is 5.91. The number of hydrogen-bond donors (Lipinski definition) is 0. The van der Waals surface area contributed by atoms with Crippen LogP contribution in [0.1, 0.15) is 42.1 Å². The second-order valence-corrected chi connectivity index (χ2v) is 5.91. The van der Waals surface area contributed by atoms with E-state index in [2.05, 4.69) is 22.0 Å². The van der Waals surface area contributed by atoms with Crippen LogP contribution in [-0.4, -0.2) is 36.4 Å². The zero-order chi connectivity index (χ0) is 17.1. The van der Waals surface area contributed by atoms with Crippen molar-refractivity contribution < 1.29 is 4.79 Å². The third-order valence-electron chi connectivity index (χ3n) is 4.20. The van der Waals surface area contributed by atoms with E-state index < -0.39 is 0 Å². The highest BCUT2D eigenvalue weighted by Gasteiger charge is 2.25. The van der Waals surface area contributed by atoms with Gasteiger partial charge in [-0.25, -0.2) is 9.50 Å². The summed E-state index contributed by atoms with van der Waals surface area (Å²) in [5.41, 5.74) is 1.98. The minimum atomic E-state index is -0.168. The van der Waals surface area contributed by atoms with Crippen molar-refractivity contribution in [1.29, 1.82) is 0 Å². The first-order valence-corrected chi connectivity index (χ1v) is 8.13. The Morgan fingerprint density at radius 1 is 1.25 bits per heavy atom. The van der Waals surface area contributed by atoms with Crippen molar-refractivity contribution in [2.75, 3.05) is 0 Å². The fourth-order valence-corrected chi connectivity index (χ4v) is 2.55. The lowest BCUT2D eigenvalue weighted by atomic mass is 10.1. The number of carbonyl (C=O) groups is 1. The van der Waals surface area contributed by atoms with Gasteiger partial charge in [-0.3, -0.25) is 4.79 Å². The maximum Gasteiger partial charge on any atom is 0.294 e. The van der Waals surface area contributed by atoms with Gasteiger partial charge in [-0.15, -0.1) is 5.10 Å². The molecule has 1 atom stereocenters. The van der Waals surface area contributed by atoms with Crippen LogP contribution in [0.5, 0.6) is 0 Å². The number of hydrogen-bond acceptors (Lipinski definition) is 4. The van der Waals surface area contributed by atoms with Crippen LogP contribution in [0, 0.1) is 6.92 Å². The van der Waals surface area contributed by atoms with Crippen molar-refractivity contribution in [3.05, 3.63) is 59.7 Å². The number of aromatic nitrogens is 4. The quantitative estimate of drug-likeness (QED) is 0.724. The highest BCUT2D eigenvalue weighted by atomic mass is 16.2. The first-order chi connectivity index (χ1) is 11.6. The van der Waals surface area contributed by atoms with Crippen LogP contribution in [0.15, 0.2) is 42.6 Å². The minimum Gasteiger partial charge on any atom is -0.329 e. The molecule has 0 saturated heterocycles. The lowest BCUT2D eigenvalue weighted by Crippen LogP contribution is -2.38. The maximum atomic E-state index is 13.0. The van der Waals surface area contributed by atoms with Crippen molar-refractivity contribution in [2.24, 2.45) is 0 Å². The summed E-state index contributed by atoms with van der Waals surface area (Å²) >= 11 is 0. The van der Waals surface area contributed by atoms with Gasteiger partial charge in [0.05, 0.1) is 0 Å². The molecule has 0 aliphatic carbocycles. The van der Waals surface area contributed by atoms with Gasteiger partial charge in [0.25, 0.3) is 11.7 Å². The summed E-state index contributed by atoms with van der Waals surface area (Å²) in [6.07, 6.45) is 2.53. The van der Waals surface area contributed by atoms with Crippen LogP contribution in [0.2, 0.25) is 0 Å². The number of aryl methyl sites for hydroxylation is 1. The molecule has 1 amide bonds. The van der Waals surface area contributed by atoms with Gasteiger partial charge in [-0.2, -0.15) is 4.98 Å². The molecule has 2 aromatic heterocycles. The van der Waals surface area contributed by atoms with Crippen LogP contribution in [0.4, 0.5) is 0 Å². The topological polar surface area (TPSA) is 63.4 Å². The molecule has 6 heteroatoms. The van der Waals surface area contributed by atoms with Gasteiger partial charge < -0.3 is 4.90 Å². The minimum absolute atomic E-state index is 0.0957. The number of amides is 1. The predicted octanol–water partition coefficient (Wildman–Crippen LogP) is 2.87. The van der Waals surface area contributed by atoms with Crippen LogP contribution in [0.25, 0.3) is 5.78 Å². The van der Waals surface area contributed by atoms with Gasteiger partial charge in [-0.05, 0) is 31.9 Å². The van der Waals surface area contributed by atoms with E-state index in [0.717, 1.165) is 17.7 Å².